The molecule has 0 aromatic heterocycles. The van der Waals surface area contributed by atoms with E-state index in [4.69, 9.17) is 0 Å². The van der Waals surface area contributed by atoms with E-state index in [0.29, 0.717) is 13.0 Å². The first-order valence-electron chi connectivity index (χ1n) is 10.0. The molecule has 2 heterocycles. The van der Waals surface area contributed by atoms with Crippen LogP contribution in [0.1, 0.15) is 56.6 Å². The molecule has 2 unspecified atom stereocenters. The molecule has 2 saturated heterocycles. The van der Waals surface area contributed by atoms with E-state index >= 15 is 0 Å². The number of hydrogen-bond donors (Lipinski definition) is 1. The van der Waals surface area contributed by atoms with E-state index < -0.39 is 11.6 Å². The molecule has 4 amide bonds. The Kier molecular flexibility index (Phi) is 4.66. The zero-order valence-electron chi connectivity index (χ0n) is 15.9. The van der Waals surface area contributed by atoms with Crippen molar-refractivity contribution < 1.29 is 14.4 Å². The Bertz CT molecular complexity index is 778. The third-order valence-electron chi connectivity index (χ3n) is 6.32. The highest BCUT2D eigenvalue weighted by molar-refractivity contribution is 6.09. The molecule has 1 spiro atoms. The minimum atomic E-state index is -1.02. The number of nitrogens with zero attached hydrogens (tertiary/aromatic N) is 2. The van der Waals surface area contributed by atoms with E-state index in [-0.39, 0.29) is 24.4 Å². The lowest BCUT2D eigenvalue weighted by Gasteiger charge is -2.34. The predicted molar refractivity (Wildman–Crippen MR) is 101 cm³/mol. The van der Waals surface area contributed by atoms with Crippen LogP contribution < -0.4 is 5.32 Å². The molecule has 0 saturated carbocycles. The highest BCUT2D eigenvalue weighted by Crippen LogP contribution is 2.39. The van der Waals surface area contributed by atoms with E-state index in [2.05, 4.69) is 5.32 Å². The average Bonchev–Trinajstić information content (AvgIpc) is 2.81. The number of carbonyl (C=O) groups is 3. The molecular weight excluding hydrogens is 342 g/mol. The van der Waals surface area contributed by atoms with Gasteiger partial charge in [-0.05, 0) is 63.0 Å². The number of urea groups is 1. The van der Waals surface area contributed by atoms with Crippen molar-refractivity contribution in [2.45, 2.75) is 63.5 Å². The van der Waals surface area contributed by atoms with Gasteiger partial charge in [-0.2, -0.15) is 0 Å². The summed E-state index contributed by atoms with van der Waals surface area (Å²) in [5.74, 6) is -0.412. The van der Waals surface area contributed by atoms with Crippen molar-refractivity contribution in [2.24, 2.45) is 0 Å². The first-order valence-corrected chi connectivity index (χ1v) is 10.0. The van der Waals surface area contributed by atoms with Gasteiger partial charge < -0.3 is 10.2 Å². The fraction of sp³-hybridized carbons (Fsp3) is 0.571. The van der Waals surface area contributed by atoms with Crippen molar-refractivity contribution in [1.82, 2.24) is 15.1 Å². The van der Waals surface area contributed by atoms with Gasteiger partial charge in [0, 0.05) is 12.6 Å². The topological polar surface area (TPSA) is 69.7 Å². The van der Waals surface area contributed by atoms with E-state index in [1.54, 1.807) is 0 Å². The number of nitrogens with one attached hydrogen (secondary N) is 1. The fourth-order valence-corrected chi connectivity index (χ4v) is 4.81. The summed E-state index contributed by atoms with van der Waals surface area (Å²) in [4.78, 5) is 41.8. The third kappa shape index (κ3) is 3.01. The van der Waals surface area contributed by atoms with E-state index in [1.165, 1.54) is 0 Å². The summed E-state index contributed by atoms with van der Waals surface area (Å²) >= 11 is 0. The van der Waals surface area contributed by atoms with Crippen molar-refractivity contribution in [1.29, 1.82) is 0 Å². The number of imide groups is 1. The largest absolute Gasteiger partial charge is 0.338 e. The Labute approximate surface area is 159 Å². The Morgan fingerprint density at radius 2 is 2.00 bits per heavy atom. The zero-order valence-corrected chi connectivity index (χ0v) is 15.9. The van der Waals surface area contributed by atoms with Crippen molar-refractivity contribution in [2.75, 3.05) is 13.1 Å². The molecule has 0 bridgehead atoms. The lowest BCUT2D eigenvalue weighted by molar-refractivity contribution is -0.141. The minimum Gasteiger partial charge on any atom is -0.338 e. The number of likely N-dealkylation sites (tertiary alicyclic amines) is 1. The highest BCUT2D eigenvalue weighted by Gasteiger charge is 2.53. The number of piperidine rings is 1. The van der Waals surface area contributed by atoms with Gasteiger partial charge in [0.25, 0.3) is 5.91 Å². The van der Waals surface area contributed by atoms with Gasteiger partial charge >= 0.3 is 6.03 Å². The van der Waals surface area contributed by atoms with Gasteiger partial charge in [-0.3, -0.25) is 14.5 Å². The van der Waals surface area contributed by atoms with Gasteiger partial charge in [0.1, 0.15) is 12.1 Å². The number of carbonyl (C=O) groups excluding carboxylic acids is 3. The van der Waals surface area contributed by atoms with Crippen LogP contribution >= 0.6 is 0 Å². The maximum atomic E-state index is 13.4. The molecule has 144 valence electrons. The monoisotopic (exact) mass is 369 g/mol. The van der Waals surface area contributed by atoms with Crippen LogP contribution in [-0.2, 0) is 21.5 Å². The normalized spacial score (nSPS) is 28.1. The van der Waals surface area contributed by atoms with E-state index in [0.717, 1.165) is 54.6 Å². The third-order valence-corrected chi connectivity index (χ3v) is 6.32. The van der Waals surface area contributed by atoms with Crippen LogP contribution in [0, 0.1) is 0 Å². The predicted octanol–water partition coefficient (Wildman–Crippen LogP) is 2.56. The lowest BCUT2D eigenvalue weighted by Crippen LogP contribution is -2.49. The SMILES string of the molecule is CC1CCCCN1C(=O)CN1C(=O)NC2(CCCCc3ccccc32)C1=O. The van der Waals surface area contributed by atoms with Gasteiger partial charge in [0.2, 0.25) is 5.91 Å². The summed E-state index contributed by atoms with van der Waals surface area (Å²) in [6.07, 6.45) is 6.42. The molecular formula is C21H27N3O3. The Hall–Kier alpha value is -2.37. The van der Waals surface area contributed by atoms with Crippen LogP contribution in [0.4, 0.5) is 4.79 Å². The van der Waals surface area contributed by atoms with Crippen LogP contribution in [0.15, 0.2) is 24.3 Å². The summed E-state index contributed by atoms with van der Waals surface area (Å²) in [5, 5.41) is 2.95. The number of fused-ring (bicyclic) bond motifs is 2. The number of amides is 4. The molecule has 6 nitrogen and oxygen atoms in total. The minimum absolute atomic E-state index is 0.135. The second-order valence-electron chi connectivity index (χ2n) is 8.02. The van der Waals surface area contributed by atoms with Gasteiger partial charge in [-0.1, -0.05) is 24.3 Å². The van der Waals surface area contributed by atoms with Gasteiger partial charge in [0.15, 0.2) is 0 Å². The molecule has 1 aromatic rings. The van der Waals surface area contributed by atoms with Gasteiger partial charge in [-0.25, -0.2) is 4.79 Å². The van der Waals surface area contributed by atoms with Gasteiger partial charge in [-0.15, -0.1) is 0 Å². The first kappa shape index (κ1) is 18.0. The summed E-state index contributed by atoms with van der Waals surface area (Å²) in [6.45, 7) is 2.57. The Morgan fingerprint density at radius 3 is 2.81 bits per heavy atom. The smallest absolute Gasteiger partial charge is 0.325 e. The highest BCUT2D eigenvalue weighted by atomic mass is 16.2. The van der Waals surface area contributed by atoms with Crippen LogP contribution in [0.2, 0.25) is 0 Å². The Morgan fingerprint density at radius 1 is 1.19 bits per heavy atom. The summed E-state index contributed by atoms with van der Waals surface area (Å²) in [5.41, 5.74) is 0.987. The molecule has 2 aliphatic heterocycles. The van der Waals surface area contributed by atoms with Crippen LogP contribution in [0.25, 0.3) is 0 Å². The van der Waals surface area contributed by atoms with Crippen LogP contribution in [0.5, 0.6) is 0 Å². The van der Waals surface area contributed by atoms with Crippen molar-refractivity contribution in [3.63, 3.8) is 0 Å². The summed E-state index contributed by atoms with van der Waals surface area (Å²) < 4.78 is 0. The number of hydrogen-bond acceptors (Lipinski definition) is 3. The maximum Gasteiger partial charge on any atom is 0.325 e. The molecule has 27 heavy (non-hydrogen) atoms. The second-order valence-corrected chi connectivity index (χ2v) is 8.02. The standard InChI is InChI=1S/C21H27N3O3/c1-15-8-5-7-13-23(15)18(25)14-24-19(26)21(22-20(24)27)12-6-4-10-16-9-2-3-11-17(16)21/h2-3,9,11,15H,4-8,10,12-14H2,1H3,(H,22,27). The average molecular weight is 369 g/mol. The maximum absolute atomic E-state index is 13.4. The van der Waals surface area contributed by atoms with Gasteiger partial charge in [0.05, 0.1) is 0 Å². The molecule has 2 atom stereocenters. The molecule has 0 radical (unpaired) electrons. The number of benzene rings is 1. The quantitative estimate of drug-likeness (QED) is 0.815. The van der Waals surface area contributed by atoms with E-state index in [1.807, 2.05) is 36.1 Å². The van der Waals surface area contributed by atoms with Crippen molar-refractivity contribution >= 4 is 17.8 Å². The summed E-state index contributed by atoms with van der Waals surface area (Å²) in [6, 6.07) is 7.57. The Balaban J connectivity index is 1.60. The molecule has 1 aliphatic carbocycles. The number of rotatable bonds is 2. The van der Waals surface area contributed by atoms with E-state index in [9.17, 15) is 14.4 Å². The van der Waals surface area contributed by atoms with Crippen molar-refractivity contribution in [3.8, 4) is 0 Å². The lowest BCUT2D eigenvalue weighted by atomic mass is 9.84. The number of aryl methyl sites for hydroxylation is 1. The zero-order chi connectivity index (χ0) is 19.0. The summed E-state index contributed by atoms with van der Waals surface area (Å²) in [7, 11) is 0. The van der Waals surface area contributed by atoms with Crippen molar-refractivity contribution in [3.05, 3.63) is 35.4 Å². The molecule has 3 aliphatic rings. The second kappa shape index (κ2) is 6.98. The molecule has 6 heteroatoms. The molecule has 4 rings (SSSR count). The molecule has 2 fully saturated rings. The van der Waals surface area contributed by atoms with Crippen LogP contribution in [-0.4, -0.2) is 46.8 Å². The molecule has 1 N–H and O–H groups in total. The fourth-order valence-electron chi connectivity index (χ4n) is 4.81. The molecule has 1 aromatic carbocycles. The van der Waals surface area contributed by atoms with Crippen LogP contribution in [0.3, 0.4) is 0 Å². The first-order chi connectivity index (χ1) is 13.0.